The Morgan fingerprint density at radius 2 is 0.596 bits per heavy atom. The number of hydrogen-bond donors (Lipinski definition) is 0. The molecule has 0 radical (unpaired) electrons. The van der Waals surface area contributed by atoms with Crippen molar-refractivity contribution in [3.05, 3.63) is 212 Å². The second-order valence-electron chi connectivity index (χ2n) is 14.4. The van der Waals surface area contributed by atoms with Crippen LogP contribution >= 0.6 is 0 Å². The van der Waals surface area contributed by atoms with Crippen LogP contribution in [0.25, 0.3) is 88.4 Å². The van der Waals surface area contributed by atoms with Crippen molar-refractivity contribution >= 4 is 60.9 Å². The zero-order chi connectivity index (χ0) is 37.7. The Kier molecular flexibility index (Phi) is 7.82. The molecule has 3 nitrogen and oxygen atoms in total. The summed E-state index contributed by atoms with van der Waals surface area (Å²) in [6.45, 7) is 0. The van der Waals surface area contributed by atoms with Crippen molar-refractivity contribution in [2.24, 2.45) is 0 Å². The number of fused-ring (bicyclic) bond motifs is 6. The highest BCUT2D eigenvalue weighted by Crippen LogP contribution is 2.51. The molecule has 0 saturated heterocycles. The smallest absolute Gasteiger partial charge is 0.136 e. The molecule has 9 aromatic carbocycles. The number of furan rings is 2. The maximum atomic E-state index is 6.44. The summed E-state index contributed by atoms with van der Waals surface area (Å²) in [5.41, 5.74) is 15.7. The average molecular weight is 730 g/mol. The fourth-order valence-electron chi connectivity index (χ4n) is 8.66. The molecule has 0 amide bonds. The van der Waals surface area contributed by atoms with Gasteiger partial charge in [0.05, 0.1) is 17.1 Å². The van der Waals surface area contributed by atoms with Gasteiger partial charge >= 0.3 is 0 Å². The molecule has 0 spiro atoms. The summed E-state index contributed by atoms with van der Waals surface area (Å²) in [4.78, 5) is 2.46. The highest BCUT2D eigenvalue weighted by molar-refractivity contribution is 6.16. The molecule has 2 aromatic heterocycles. The van der Waals surface area contributed by atoms with Gasteiger partial charge in [-0.15, -0.1) is 0 Å². The maximum Gasteiger partial charge on any atom is 0.136 e. The van der Waals surface area contributed by atoms with Crippen LogP contribution in [0.1, 0.15) is 0 Å². The molecule has 0 aliphatic rings. The van der Waals surface area contributed by atoms with E-state index >= 15 is 0 Å². The Hall–Kier alpha value is -7.62. The minimum absolute atomic E-state index is 0.867. The van der Waals surface area contributed by atoms with Crippen LogP contribution in [0.4, 0.5) is 17.1 Å². The first-order valence-electron chi connectivity index (χ1n) is 19.4. The third-order valence-electron chi connectivity index (χ3n) is 11.1. The Morgan fingerprint density at radius 1 is 0.246 bits per heavy atom. The Morgan fingerprint density at radius 3 is 1.11 bits per heavy atom. The van der Waals surface area contributed by atoms with Gasteiger partial charge in [0.1, 0.15) is 22.3 Å². The van der Waals surface area contributed by atoms with Crippen molar-refractivity contribution < 1.29 is 8.83 Å². The SMILES string of the molecule is c1ccc(-c2ccccc2-c2ccccc2N(c2ccccc2-c2cccc3oc4ccccc4c23)c2ccccc2-c2cccc3oc4ccccc4c23)cc1. The van der Waals surface area contributed by atoms with Crippen molar-refractivity contribution in [2.75, 3.05) is 4.90 Å². The molecule has 11 aromatic rings. The van der Waals surface area contributed by atoms with Crippen LogP contribution in [0.3, 0.4) is 0 Å². The zero-order valence-electron chi connectivity index (χ0n) is 31.0. The molecule has 0 fully saturated rings. The number of para-hydroxylation sites is 5. The van der Waals surface area contributed by atoms with E-state index in [4.69, 9.17) is 8.83 Å². The molecule has 57 heavy (non-hydrogen) atoms. The molecule has 0 unspecified atom stereocenters. The lowest BCUT2D eigenvalue weighted by molar-refractivity contribution is 0.668. The number of benzene rings is 9. The van der Waals surface area contributed by atoms with Crippen molar-refractivity contribution in [1.29, 1.82) is 0 Å². The Bertz CT molecular complexity index is 3100. The second-order valence-corrected chi connectivity index (χ2v) is 14.4. The molecule has 3 heteroatoms. The zero-order valence-corrected chi connectivity index (χ0v) is 31.0. The van der Waals surface area contributed by atoms with Gasteiger partial charge in [0.15, 0.2) is 0 Å². The first kappa shape index (κ1) is 32.8. The molecule has 0 aliphatic heterocycles. The minimum atomic E-state index is 0.867. The van der Waals surface area contributed by atoms with E-state index in [-0.39, 0.29) is 0 Å². The summed E-state index contributed by atoms with van der Waals surface area (Å²) in [6.07, 6.45) is 0. The molecule has 0 aliphatic carbocycles. The van der Waals surface area contributed by atoms with E-state index in [0.29, 0.717) is 0 Å². The number of anilines is 3. The van der Waals surface area contributed by atoms with Crippen LogP contribution in [0.2, 0.25) is 0 Å². The molecule has 0 atom stereocenters. The van der Waals surface area contributed by atoms with Crippen LogP contribution < -0.4 is 4.90 Å². The molecular formula is C54H35NO2. The van der Waals surface area contributed by atoms with Gasteiger partial charge in [-0.3, -0.25) is 0 Å². The number of rotatable bonds is 7. The van der Waals surface area contributed by atoms with Crippen molar-refractivity contribution in [3.8, 4) is 44.5 Å². The summed E-state index contributed by atoms with van der Waals surface area (Å²) in [5, 5.41) is 4.40. The van der Waals surface area contributed by atoms with Crippen LogP contribution in [0.5, 0.6) is 0 Å². The van der Waals surface area contributed by atoms with Crippen molar-refractivity contribution in [3.63, 3.8) is 0 Å². The predicted molar refractivity (Wildman–Crippen MR) is 237 cm³/mol. The van der Waals surface area contributed by atoms with Gasteiger partial charge in [-0.2, -0.15) is 0 Å². The van der Waals surface area contributed by atoms with Gasteiger partial charge in [-0.05, 0) is 70.3 Å². The molecule has 0 bridgehead atoms. The molecule has 0 saturated carbocycles. The van der Waals surface area contributed by atoms with Crippen LogP contribution in [0, 0.1) is 0 Å². The van der Waals surface area contributed by atoms with Gasteiger partial charge in [0.2, 0.25) is 0 Å². The number of nitrogens with zero attached hydrogens (tertiary/aromatic N) is 1. The Balaban J connectivity index is 1.23. The van der Waals surface area contributed by atoms with Gasteiger partial charge in [0, 0.05) is 38.2 Å². The summed E-state index contributed by atoms with van der Waals surface area (Å²) in [5.74, 6) is 0. The third kappa shape index (κ3) is 5.43. The fraction of sp³-hybridized carbons (Fsp3) is 0. The number of hydrogen-bond acceptors (Lipinski definition) is 3. The van der Waals surface area contributed by atoms with Crippen molar-refractivity contribution in [1.82, 2.24) is 0 Å². The van der Waals surface area contributed by atoms with E-state index < -0.39 is 0 Å². The van der Waals surface area contributed by atoms with Gasteiger partial charge in [-0.1, -0.05) is 170 Å². The molecule has 2 heterocycles. The molecule has 268 valence electrons. The standard InChI is InChI=1S/C54H35NO2/c1-2-18-36(19-3-1)37-20-4-5-21-38(37)39-22-6-11-29-46(39)55(47-30-12-7-23-40(47)42-27-16-34-51-53(42)44-25-9-14-32-49(44)56-51)48-31-13-8-24-41(48)43-28-17-35-52-54(43)45-26-10-15-33-50(45)57-52/h1-35H. The third-order valence-corrected chi connectivity index (χ3v) is 11.1. The Labute approximate surface area is 330 Å². The van der Waals surface area contributed by atoms with E-state index in [1.807, 2.05) is 24.3 Å². The maximum absolute atomic E-state index is 6.44. The van der Waals surface area contributed by atoms with E-state index in [9.17, 15) is 0 Å². The lowest BCUT2D eigenvalue weighted by Gasteiger charge is -2.32. The summed E-state index contributed by atoms with van der Waals surface area (Å²) in [7, 11) is 0. The first-order valence-corrected chi connectivity index (χ1v) is 19.4. The topological polar surface area (TPSA) is 29.5 Å². The predicted octanol–water partition coefficient (Wildman–Crippen LogP) is 15.6. The summed E-state index contributed by atoms with van der Waals surface area (Å²) in [6, 6.07) is 75.2. The fourth-order valence-corrected chi connectivity index (χ4v) is 8.66. The second kappa shape index (κ2) is 13.6. The van der Waals surface area contributed by atoms with E-state index in [1.165, 1.54) is 11.1 Å². The molecular weight excluding hydrogens is 695 g/mol. The largest absolute Gasteiger partial charge is 0.456 e. The van der Waals surface area contributed by atoms with Crippen LogP contribution in [-0.2, 0) is 0 Å². The molecule has 11 rings (SSSR count). The van der Waals surface area contributed by atoms with E-state index in [1.54, 1.807) is 0 Å². The van der Waals surface area contributed by atoms with Crippen LogP contribution in [0.15, 0.2) is 221 Å². The van der Waals surface area contributed by atoms with Gasteiger partial charge in [-0.25, -0.2) is 0 Å². The summed E-state index contributed by atoms with van der Waals surface area (Å²) < 4.78 is 12.9. The lowest BCUT2D eigenvalue weighted by atomic mass is 9.91. The highest BCUT2D eigenvalue weighted by Gasteiger charge is 2.26. The van der Waals surface area contributed by atoms with E-state index in [0.717, 1.165) is 94.3 Å². The quantitative estimate of drug-likeness (QED) is 0.164. The van der Waals surface area contributed by atoms with Crippen LogP contribution in [-0.4, -0.2) is 0 Å². The average Bonchev–Trinajstić information content (AvgIpc) is 3.86. The van der Waals surface area contributed by atoms with Gasteiger partial charge < -0.3 is 13.7 Å². The van der Waals surface area contributed by atoms with Gasteiger partial charge in [0.25, 0.3) is 0 Å². The van der Waals surface area contributed by atoms with Crippen molar-refractivity contribution in [2.45, 2.75) is 0 Å². The monoisotopic (exact) mass is 729 g/mol. The summed E-state index contributed by atoms with van der Waals surface area (Å²) >= 11 is 0. The lowest BCUT2D eigenvalue weighted by Crippen LogP contribution is -2.13. The molecule has 0 N–H and O–H groups in total. The minimum Gasteiger partial charge on any atom is -0.456 e. The normalized spacial score (nSPS) is 11.5. The van der Waals surface area contributed by atoms with E-state index in [2.05, 4.69) is 193 Å². The first-order chi connectivity index (χ1) is 28.3. The highest BCUT2D eigenvalue weighted by atomic mass is 16.3.